The van der Waals surface area contributed by atoms with Crippen LogP contribution >= 0.6 is 0 Å². The highest BCUT2D eigenvalue weighted by molar-refractivity contribution is 5.93. The Bertz CT molecular complexity index is 356. The Labute approximate surface area is 85.5 Å². The van der Waals surface area contributed by atoms with E-state index in [1.165, 1.54) is 23.9 Å². The zero-order valence-electron chi connectivity index (χ0n) is 7.77. The Morgan fingerprint density at radius 2 is 2.33 bits per heavy atom. The summed E-state index contributed by atoms with van der Waals surface area (Å²) in [6.45, 7) is -0.280. The van der Waals surface area contributed by atoms with E-state index in [9.17, 15) is 9.59 Å². The van der Waals surface area contributed by atoms with Crippen LogP contribution in [0.15, 0.2) is 28.9 Å². The molecule has 1 aromatic rings. The van der Waals surface area contributed by atoms with Gasteiger partial charge in [0, 0.05) is 6.08 Å². The number of carbonyl (C=O) groups excluding carboxylic acids is 2. The molecule has 6 nitrogen and oxygen atoms in total. The summed E-state index contributed by atoms with van der Waals surface area (Å²) >= 11 is 0. The van der Waals surface area contributed by atoms with E-state index >= 15 is 0 Å². The number of hydrogen-bond donors (Lipinski definition) is 3. The largest absolute Gasteiger partial charge is 0.465 e. The predicted molar refractivity (Wildman–Crippen MR) is 50.7 cm³/mol. The van der Waals surface area contributed by atoms with E-state index in [-0.39, 0.29) is 6.54 Å². The summed E-state index contributed by atoms with van der Waals surface area (Å²) in [5.41, 5.74) is 1.39. The first kappa shape index (κ1) is 11.0. The third kappa shape index (κ3) is 4.10. The minimum Gasteiger partial charge on any atom is -0.465 e. The van der Waals surface area contributed by atoms with Crippen LogP contribution in [-0.4, -0.2) is 23.6 Å². The van der Waals surface area contributed by atoms with Crippen molar-refractivity contribution in [2.45, 2.75) is 0 Å². The van der Waals surface area contributed by atoms with Crippen LogP contribution in [0.25, 0.3) is 6.08 Å². The molecule has 0 spiro atoms. The monoisotopic (exact) mass is 210 g/mol. The topological polar surface area (TPSA) is 91.6 Å². The number of hydrogen-bond acceptors (Lipinski definition) is 4. The van der Waals surface area contributed by atoms with Gasteiger partial charge in [-0.3, -0.25) is 14.8 Å². The fourth-order valence-electron chi connectivity index (χ4n) is 0.810. The molecule has 0 atom stereocenters. The minimum atomic E-state index is -0.685. The van der Waals surface area contributed by atoms with Gasteiger partial charge in [0.25, 0.3) is 5.91 Å². The summed E-state index contributed by atoms with van der Waals surface area (Å²) in [5, 5.41) is 10.4. The second kappa shape index (κ2) is 5.61. The molecule has 0 saturated carbocycles. The lowest BCUT2D eigenvalue weighted by Gasteiger charge is -1.98. The van der Waals surface area contributed by atoms with Gasteiger partial charge < -0.3 is 9.73 Å². The second-order valence-electron chi connectivity index (χ2n) is 2.60. The van der Waals surface area contributed by atoms with Gasteiger partial charge in [0.15, 0.2) is 0 Å². The predicted octanol–water partition coefficient (Wildman–Crippen LogP) is -0.0856. The number of amides is 2. The maximum absolute atomic E-state index is 11.1. The standard InChI is InChI=1S/C9H10N2O4/c12-8(10-6-9(13)11-14)4-3-7-2-1-5-15-7/h1-5,14H,6H2,(H,10,12)(H,11,13)/b4-3+. The van der Waals surface area contributed by atoms with Crippen molar-refractivity contribution in [2.75, 3.05) is 6.54 Å². The van der Waals surface area contributed by atoms with Crippen molar-refractivity contribution in [3.63, 3.8) is 0 Å². The molecule has 0 aromatic carbocycles. The van der Waals surface area contributed by atoms with E-state index in [1.54, 1.807) is 12.1 Å². The molecule has 1 rings (SSSR count). The third-order valence-electron chi connectivity index (χ3n) is 1.49. The van der Waals surface area contributed by atoms with Gasteiger partial charge in [-0.15, -0.1) is 0 Å². The van der Waals surface area contributed by atoms with E-state index < -0.39 is 11.8 Å². The molecule has 0 aliphatic rings. The van der Waals surface area contributed by atoms with Crippen molar-refractivity contribution >= 4 is 17.9 Å². The summed E-state index contributed by atoms with van der Waals surface area (Å²) in [6, 6.07) is 3.38. The lowest BCUT2D eigenvalue weighted by atomic mass is 10.4. The third-order valence-corrected chi connectivity index (χ3v) is 1.49. The summed E-state index contributed by atoms with van der Waals surface area (Å²) in [6.07, 6.45) is 4.17. The molecule has 3 N–H and O–H groups in total. The quantitative estimate of drug-likeness (QED) is 0.368. The van der Waals surface area contributed by atoms with Crippen LogP contribution in [0.4, 0.5) is 0 Å². The van der Waals surface area contributed by atoms with E-state index in [1.807, 2.05) is 0 Å². The zero-order chi connectivity index (χ0) is 11.1. The van der Waals surface area contributed by atoms with Crippen LogP contribution in [0.5, 0.6) is 0 Å². The molecule has 80 valence electrons. The van der Waals surface area contributed by atoms with Gasteiger partial charge in [-0.1, -0.05) is 0 Å². The van der Waals surface area contributed by atoms with Gasteiger partial charge in [-0.2, -0.15) is 0 Å². The average molecular weight is 210 g/mol. The number of rotatable bonds is 4. The van der Waals surface area contributed by atoms with E-state index in [0.717, 1.165) is 0 Å². The van der Waals surface area contributed by atoms with Crippen molar-refractivity contribution in [1.29, 1.82) is 0 Å². The van der Waals surface area contributed by atoms with Gasteiger partial charge in [0.05, 0.1) is 12.8 Å². The molecule has 1 heterocycles. The summed E-state index contributed by atoms with van der Waals surface area (Å²) in [4.78, 5) is 21.6. The molecule has 0 aliphatic heterocycles. The molecule has 2 amide bonds. The van der Waals surface area contributed by atoms with Crippen LogP contribution in [0.1, 0.15) is 5.76 Å². The van der Waals surface area contributed by atoms with Crippen LogP contribution < -0.4 is 10.8 Å². The Hall–Kier alpha value is -2.08. The highest BCUT2D eigenvalue weighted by Gasteiger charge is 2.00. The van der Waals surface area contributed by atoms with Gasteiger partial charge in [-0.05, 0) is 18.2 Å². The van der Waals surface area contributed by atoms with Crippen molar-refractivity contribution in [3.05, 3.63) is 30.2 Å². The first-order valence-electron chi connectivity index (χ1n) is 4.14. The lowest BCUT2D eigenvalue weighted by molar-refractivity contribution is -0.130. The van der Waals surface area contributed by atoms with E-state index in [4.69, 9.17) is 9.62 Å². The number of furan rings is 1. The van der Waals surface area contributed by atoms with Crippen molar-refractivity contribution in [2.24, 2.45) is 0 Å². The van der Waals surface area contributed by atoms with Gasteiger partial charge in [0.2, 0.25) is 5.91 Å². The molecule has 0 aliphatic carbocycles. The van der Waals surface area contributed by atoms with Crippen molar-refractivity contribution in [1.82, 2.24) is 10.8 Å². The SMILES string of the molecule is O=C(/C=C/c1ccco1)NCC(=O)NO. The Morgan fingerprint density at radius 3 is 2.93 bits per heavy atom. The first-order chi connectivity index (χ1) is 7.22. The lowest BCUT2D eigenvalue weighted by Crippen LogP contribution is -2.34. The van der Waals surface area contributed by atoms with Gasteiger partial charge >= 0.3 is 0 Å². The normalized spacial score (nSPS) is 10.2. The molecule has 0 saturated heterocycles. The second-order valence-corrected chi connectivity index (χ2v) is 2.60. The van der Waals surface area contributed by atoms with Crippen LogP contribution in [0.3, 0.4) is 0 Å². The Morgan fingerprint density at radius 1 is 1.53 bits per heavy atom. The van der Waals surface area contributed by atoms with Crippen molar-refractivity contribution < 1.29 is 19.2 Å². The smallest absolute Gasteiger partial charge is 0.262 e. The summed E-state index contributed by atoms with van der Waals surface area (Å²) < 4.78 is 4.94. The highest BCUT2D eigenvalue weighted by atomic mass is 16.5. The fraction of sp³-hybridized carbons (Fsp3) is 0.111. The summed E-state index contributed by atoms with van der Waals surface area (Å²) in [5.74, 6) is -0.596. The average Bonchev–Trinajstić information content (AvgIpc) is 2.75. The molecular formula is C9H10N2O4. The molecule has 0 bridgehead atoms. The van der Waals surface area contributed by atoms with Crippen molar-refractivity contribution in [3.8, 4) is 0 Å². The summed E-state index contributed by atoms with van der Waals surface area (Å²) in [7, 11) is 0. The Balaban J connectivity index is 2.33. The first-order valence-corrected chi connectivity index (χ1v) is 4.14. The Kier molecular flexibility index (Phi) is 4.11. The van der Waals surface area contributed by atoms with Crippen LogP contribution in [0, 0.1) is 0 Å². The molecular weight excluding hydrogens is 200 g/mol. The number of carbonyl (C=O) groups is 2. The van der Waals surface area contributed by atoms with Gasteiger partial charge in [-0.25, -0.2) is 5.48 Å². The van der Waals surface area contributed by atoms with Gasteiger partial charge in [0.1, 0.15) is 5.76 Å². The van der Waals surface area contributed by atoms with E-state index in [2.05, 4.69) is 5.32 Å². The van der Waals surface area contributed by atoms with E-state index in [0.29, 0.717) is 5.76 Å². The molecule has 6 heteroatoms. The number of nitrogens with one attached hydrogen (secondary N) is 2. The fourth-order valence-corrected chi connectivity index (χ4v) is 0.810. The molecule has 1 aromatic heterocycles. The molecule has 0 unspecified atom stereocenters. The zero-order valence-corrected chi connectivity index (χ0v) is 7.77. The minimum absolute atomic E-state index is 0.280. The molecule has 0 fully saturated rings. The highest BCUT2D eigenvalue weighted by Crippen LogP contribution is 2.01. The van der Waals surface area contributed by atoms with Crippen LogP contribution in [0.2, 0.25) is 0 Å². The van der Waals surface area contributed by atoms with Crippen LogP contribution in [-0.2, 0) is 9.59 Å². The molecule has 0 radical (unpaired) electrons. The maximum Gasteiger partial charge on any atom is 0.262 e. The molecule has 15 heavy (non-hydrogen) atoms. The number of hydroxylamine groups is 1. The maximum atomic E-state index is 11.1.